The van der Waals surface area contributed by atoms with E-state index in [-0.39, 0.29) is 0 Å². The van der Waals surface area contributed by atoms with Crippen molar-refractivity contribution in [2.75, 3.05) is 5.73 Å². The Balaban J connectivity index is 3.21. The monoisotopic (exact) mass is 404 g/mol. The Labute approximate surface area is 152 Å². The molecule has 136 valence electrons. The van der Waals surface area contributed by atoms with Crippen LogP contribution < -0.4 is 11.3 Å². The van der Waals surface area contributed by atoms with Gasteiger partial charge in [-0.15, -0.1) is 0 Å². The molecule has 12 heteroatoms. The molecule has 0 bridgehead atoms. The summed E-state index contributed by atoms with van der Waals surface area (Å²) in [5.41, 5.74) is -0.495. The van der Waals surface area contributed by atoms with Crippen LogP contribution in [0, 0.1) is 5.82 Å². The molecule has 0 amide bonds. The Morgan fingerprint density at radius 1 is 0.962 bits per heavy atom. The number of pyridine rings is 1. The fourth-order valence-corrected chi connectivity index (χ4v) is 2.89. The zero-order valence-electron chi connectivity index (χ0n) is 12.3. The highest BCUT2D eigenvalue weighted by molar-refractivity contribution is 6.41. The zero-order chi connectivity index (χ0) is 19.9. The first-order chi connectivity index (χ1) is 12.0. The molecule has 2 rings (SSSR count). The number of anilines is 1. The molecule has 0 fully saturated rings. The number of nitrogen functional groups attached to an aromatic ring is 1. The molecule has 1 aromatic carbocycles. The molecular formula is C14H7Cl2FN2O7. The third-order valence-electron chi connectivity index (χ3n) is 3.31. The van der Waals surface area contributed by atoms with Crippen molar-refractivity contribution in [3.05, 3.63) is 49.0 Å². The molecule has 6 N–H and O–H groups in total. The van der Waals surface area contributed by atoms with Crippen molar-refractivity contribution in [2.24, 2.45) is 0 Å². The smallest absolute Gasteiger partial charge is 0.342 e. The zero-order valence-corrected chi connectivity index (χ0v) is 13.8. The van der Waals surface area contributed by atoms with E-state index in [9.17, 15) is 33.8 Å². The lowest BCUT2D eigenvalue weighted by molar-refractivity contribution is 0.0683. The number of carboxylic acids is 3. The number of nitrogens with two attached hydrogens (primary N) is 1. The molecule has 0 aliphatic rings. The Hall–Kier alpha value is -3.11. The molecule has 0 radical (unpaired) electrons. The normalized spacial score (nSPS) is 10.6. The van der Waals surface area contributed by atoms with Gasteiger partial charge in [-0.05, 0) is 6.07 Å². The van der Waals surface area contributed by atoms with Crippen molar-refractivity contribution in [3.8, 4) is 11.1 Å². The number of hydrogen-bond acceptors (Lipinski definition) is 5. The number of aromatic nitrogens is 1. The molecule has 0 spiro atoms. The Morgan fingerprint density at radius 3 is 1.96 bits per heavy atom. The van der Waals surface area contributed by atoms with Gasteiger partial charge < -0.3 is 26.0 Å². The number of benzene rings is 1. The van der Waals surface area contributed by atoms with Gasteiger partial charge in [-0.1, -0.05) is 23.2 Å². The summed E-state index contributed by atoms with van der Waals surface area (Å²) in [4.78, 5) is 48.0. The van der Waals surface area contributed by atoms with Crippen LogP contribution in [0.25, 0.3) is 11.1 Å². The van der Waals surface area contributed by atoms with E-state index in [2.05, 4.69) is 0 Å². The number of carboxylic acid groups (broad SMARTS) is 3. The second-order valence-corrected chi connectivity index (χ2v) is 5.57. The number of H-pyrrole nitrogens is 1. The van der Waals surface area contributed by atoms with Gasteiger partial charge in [-0.3, -0.25) is 4.79 Å². The quantitative estimate of drug-likeness (QED) is 0.482. The third kappa shape index (κ3) is 2.95. The van der Waals surface area contributed by atoms with E-state index in [1.54, 1.807) is 0 Å². The highest BCUT2D eigenvalue weighted by Crippen LogP contribution is 2.42. The van der Waals surface area contributed by atoms with Crippen LogP contribution in [-0.2, 0) is 0 Å². The molecule has 2 aromatic rings. The maximum atomic E-state index is 14.1. The van der Waals surface area contributed by atoms with Gasteiger partial charge in [0, 0.05) is 11.1 Å². The number of aromatic amines is 1. The summed E-state index contributed by atoms with van der Waals surface area (Å²) < 4.78 is 14.1. The predicted molar refractivity (Wildman–Crippen MR) is 87.8 cm³/mol. The van der Waals surface area contributed by atoms with Gasteiger partial charge in [-0.2, -0.15) is 0 Å². The first kappa shape index (κ1) is 19.2. The SMILES string of the molecule is Nc1[nH]c(=O)c(C(=O)O)c(-c2c(Cl)c(F)cc(C(=O)O)c2Cl)c1C(=O)O. The molecule has 0 aliphatic carbocycles. The lowest BCUT2D eigenvalue weighted by atomic mass is 9.93. The summed E-state index contributed by atoms with van der Waals surface area (Å²) >= 11 is 11.7. The third-order valence-corrected chi connectivity index (χ3v) is 4.07. The molecule has 0 saturated carbocycles. The first-order valence-corrected chi connectivity index (χ1v) is 7.18. The number of hydrogen-bond donors (Lipinski definition) is 5. The van der Waals surface area contributed by atoms with E-state index >= 15 is 0 Å². The van der Waals surface area contributed by atoms with Crippen LogP contribution >= 0.6 is 23.2 Å². The second-order valence-electron chi connectivity index (χ2n) is 4.82. The van der Waals surface area contributed by atoms with Crippen molar-refractivity contribution in [2.45, 2.75) is 0 Å². The van der Waals surface area contributed by atoms with Gasteiger partial charge in [-0.25, -0.2) is 18.8 Å². The number of carbonyl (C=O) groups is 3. The second kappa shape index (κ2) is 6.65. The van der Waals surface area contributed by atoms with Gasteiger partial charge in [0.25, 0.3) is 5.56 Å². The van der Waals surface area contributed by atoms with E-state index < -0.39 is 73.0 Å². The summed E-state index contributed by atoms with van der Waals surface area (Å²) in [7, 11) is 0. The van der Waals surface area contributed by atoms with Crippen molar-refractivity contribution < 1.29 is 34.1 Å². The van der Waals surface area contributed by atoms with E-state index in [4.69, 9.17) is 34.0 Å². The number of aromatic carboxylic acids is 3. The minimum atomic E-state index is -1.89. The summed E-state index contributed by atoms with van der Waals surface area (Å²) in [5.74, 6) is -7.45. The van der Waals surface area contributed by atoms with Crippen molar-refractivity contribution in [1.29, 1.82) is 0 Å². The average Bonchev–Trinajstić information content (AvgIpc) is 2.49. The molecule has 26 heavy (non-hydrogen) atoms. The average molecular weight is 405 g/mol. The maximum Gasteiger partial charge on any atom is 0.342 e. The van der Waals surface area contributed by atoms with Gasteiger partial charge >= 0.3 is 17.9 Å². The standard InChI is InChI=1S/C14H7Cl2FN2O7/c15-8-2(12(21)22)1-3(17)9(16)5(8)4-6(13(23)24)10(18)19-11(20)7(4)14(25)26/h1H,(H,21,22)(H,23,24)(H,25,26)(H3,18,19,20). The molecule has 0 atom stereocenters. The molecule has 0 unspecified atom stereocenters. The number of nitrogens with one attached hydrogen (secondary N) is 1. The topological polar surface area (TPSA) is 171 Å². The van der Waals surface area contributed by atoms with Gasteiger partial charge in [0.2, 0.25) is 0 Å². The molecule has 0 saturated heterocycles. The van der Waals surface area contributed by atoms with Crippen molar-refractivity contribution in [3.63, 3.8) is 0 Å². The van der Waals surface area contributed by atoms with Crippen LogP contribution in [0.15, 0.2) is 10.9 Å². The van der Waals surface area contributed by atoms with Gasteiger partial charge in [0.15, 0.2) is 0 Å². The minimum absolute atomic E-state index is 0.466. The summed E-state index contributed by atoms with van der Waals surface area (Å²) in [6.45, 7) is 0. The summed E-state index contributed by atoms with van der Waals surface area (Å²) in [5, 5.41) is 26.1. The molecule has 9 nitrogen and oxygen atoms in total. The Morgan fingerprint density at radius 2 is 1.50 bits per heavy atom. The summed E-state index contributed by atoms with van der Waals surface area (Å²) in [6.07, 6.45) is 0. The lowest BCUT2D eigenvalue weighted by Gasteiger charge is -2.16. The highest BCUT2D eigenvalue weighted by atomic mass is 35.5. The predicted octanol–water partition coefficient (Wildman–Crippen LogP) is 2.16. The van der Waals surface area contributed by atoms with E-state index in [0.29, 0.717) is 6.07 Å². The van der Waals surface area contributed by atoms with E-state index in [0.717, 1.165) is 0 Å². The van der Waals surface area contributed by atoms with E-state index in [1.807, 2.05) is 4.98 Å². The molecular weight excluding hydrogens is 398 g/mol. The van der Waals surface area contributed by atoms with Crippen LogP contribution in [-0.4, -0.2) is 38.2 Å². The first-order valence-electron chi connectivity index (χ1n) is 6.42. The molecule has 0 aliphatic heterocycles. The van der Waals surface area contributed by atoms with E-state index in [1.165, 1.54) is 0 Å². The van der Waals surface area contributed by atoms with Crippen LogP contribution in [0.3, 0.4) is 0 Å². The molecule has 1 aromatic heterocycles. The minimum Gasteiger partial charge on any atom is -0.478 e. The Bertz CT molecular complexity index is 1050. The van der Waals surface area contributed by atoms with Crippen LogP contribution in [0.1, 0.15) is 31.1 Å². The maximum absolute atomic E-state index is 14.1. The van der Waals surface area contributed by atoms with Gasteiger partial charge in [0.1, 0.15) is 22.8 Å². The fourth-order valence-electron chi connectivity index (χ4n) is 2.28. The summed E-state index contributed by atoms with van der Waals surface area (Å²) in [6, 6.07) is 0.466. The van der Waals surface area contributed by atoms with Crippen molar-refractivity contribution in [1.82, 2.24) is 4.98 Å². The van der Waals surface area contributed by atoms with Crippen LogP contribution in [0.5, 0.6) is 0 Å². The van der Waals surface area contributed by atoms with Crippen LogP contribution in [0.4, 0.5) is 10.2 Å². The number of rotatable bonds is 4. The lowest BCUT2D eigenvalue weighted by Crippen LogP contribution is -2.24. The van der Waals surface area contributed by atoms with Gasteiger partial charge in [0.05, 0.1) is 15.6 Å². The fraction of sp³-hybridized carbons (Fsp3) is 0. The number of halogens is 3. The van der Waals surface area contributed by atoms with Crippen molar-refractivity contribution >= 4 is 46.9 Å². The largest absolute Gasteiger partial charge is 0.478 e. The molecule has 1 heterocycles. The Kier molecular flexibility index (Phi) is 4.92. The highest BCUT2D eigenvalue weighted by Gasteiger charge is 2.32. The van der Waals surface area contributed by atoms with Crippen LogP contribution in [0.2, 0.25) is 10.0 Å².